The maximum Gasteiger partial charge on any atom is 0.225 e. The van der Waals surface area contributed by atoms with Gasteiger partial charge in [0.25, 0.3) is 0 Å². The molecule has 1 aliphatic rings. The molecule has 1 fully saturated rings. The number of hydrogen-bond acceptors (Lipinski definition) is 1. The minimum Gasteiger partial charge on any atom is -0.345 e. The highest BCUT2D eigenvalue weighted by Crippen LogP contribution is 2.41. The molecule has 0 spiro atoms. The van der Waals surface area contributed by atoms with Gasteiger partial charge >= 0.3 is 0 Å². The molecule has 0 saturated carbocycles. The molecule has 0 radical (unpaired) electrons. The van der Waals surface area contributed by atoms with Gasteiger partial charge in [-0.05, 0) is 23.2 Å². The number of carbonyl (C=O) groups excluding carboxylic acids is 1. The lowest BCUT2D eigenvalue weighted by molar-refractivity contribution is -0.145. The second-order valence-electron chi connectivity index (χ2n) is 7.44. The van der Waals surface area contributed by atoms with Gasteiger partial charge in [-0.25, -0.2) is 0 Å². The van der Waals surface area contributed by atoms with Gasteiger partial charge in [-0.15, -0.1) is 0 Å². The van der Waals surface area contributed by atoms with E-state index in [1.54, 1.807) is 0 Å². The summed E-state index contributed by atoms with van der Waals surface area (Å²) in [6.45, 7) is 14.3. The number of carbonyl (C=O) groups is 1. The van der Waals surface area contributed by atoms with Crippen LogP contribution in [0.3, 0.4) is 0 Å². The van der Waals surface area contributed by atoms with Crippen LogP contribution in [-0.2, 0) is 4.79 Å². The number of nitrogens with zero attached hydrogens (tertiary/aromatic N) is 1. The minimum atomic E-state index is 0.0786. The molecule has 94 valence electrons. The number of hydrogen-bond donors (Lipinski definition) is 0. The predicted molar refractivity (Wildman–Crippen MR) is 68.1 cm³/mol. The molecule has 2 atom stereocenters. The lowest BCUT2D eigenvalue weighted by atomic mass is 9.67. The third-order valence-electron chi connectivity index (χ3n) is 3.96. The summed E-state index contributed by atoms with van der Waals surface area (Å²) in [5.41, 5.74) is 0.369. The van der Waals surface area contributed by atoms with Crippen LogP contribution in [-0.4, -0.2) is 24.4 Å². The Bertz CT molecular complexity index is 269. The van der Waals surface area contributed by atoms with Crippen LogP contribution < -0.4 is 0 Å². The highest BCUT2D eigenvalue weighted by Gasteiger charge is 2.42. The minimum absolute atomic E-state index is 0.0786. The van der Waals surface area contributed by atoms with E-state index in [0.717, 1.165) is 13.0 Å². The number of amides is 1. The lowest BCUT2D eigenvalue weighted by Gasteiger charge is -2.45. The van der Waals surface area contributed by atoms with E-state index < -0.39 is 0 Å². The largest absolute Gasteiger partial charge is 0.345 e. The van der Waals surface area contributed by atoms with Crippen molar-refractivity contribution in [2.45, 2.75) is 48.0 Å². The average molecular weight is 225 g/mol. The first-order valence-electron chi connectivity index (χ1n) is 6.28. The fraction of sp³-hybridized carbons (Fsp3) is 0.929. The van der Waals surface area contributed by atoms with Crippen LogP contribution in [0.15, 0.2) is 0 Å². The fourth-order valence-corrected chi connectivity index (χ4v) is 2.50. The molecule has 0 N–H and O–H groups in total. The summed E-state index contributed by atoms with van der Waals surface area (Å²) in [5, 5.41) is 0. The summed E-state index contributed by atoms with van der Waals surface area (Å²) >= 11 is 0. The third kappa shape index (κ3) is 2.78. The molecule has 1 saturated heterocycles. The van der Waals surface area contributed by atoms with Gasteiger partial charge in [0.2, 0.25) is 5.91 Å². The van der Waals surface area contributed by atoms with E-state index in [9.17, 15) is 4.79 Å². The molecule has 0 aromatic heterocycles. The molecule has 1 heterocycles. The molecular formula is C14H27NO. The van der Waals surface area contributed by atoms with E-state index in [1.807, 2.05) is 11.9 Å². The summed E-state index contributed by atoms with van der Waals surface area (Å²) in [6.07, 6.45) is 1.04. The van der Waals surface area contributed by atoms with Gasteiger partial charge in [0.05, 0.1) is 0 Å². The first-order valence-corrected chi connectivity index (χ1v) is 6.28. The van der Waals surface area contributed by atoms with Crippen LogP contribution in [0.4, 0.5) is 0 Å². The summed E-state index contributed by atoms with van der Waals surface area (Å²) in [6, 6.07) is 0. The van der Waals surface area contributed by atoms with E-state index in [2.05, 4.69) is 41.5 Å². The Hall–Kier alpha value is -0.530. The SMILES string of the molecule is CN1CC(C(C)(C)C)CC(C(C)(C)C)C1=O. The van der Waals surface area contributed by atoms with Crippen molar-refractivity contribution in [1.29, 1.82) is 0 Å². The third-order valence-corrected chi connectivity index (χ3v) is 3.96. The molecule has 0 aliphatic carbocycles. The van der Waals surface area contributed by atoms with Gasteiger partial charge in [0.1, 0.15) is 0 Å². The van der Waals surface area contributed by atoms with Gasteiger partial charge in [0.15, 0.2) is 0 Å². The van der Waals surface area contributed by atoms with Crippen LogP contribution in [0.2, 0.25) is 0 Å². The molecule has 0 aromatic carbocycles. The quantitative estimate of drug-likeness (QED) is 0.620. The molecule has 1 aliphatic heterocycles. The Morgan fingerprint density at radius 2 is 1.56 bits per heavy atom. The summed E-state index contributed by atoms with van der Waals surface area (Å²) < 4.78 is 0. The Balaban J connectivity index is 2.90. The Morgan fingerprint density at radius 1 is 1.06 bits per heavy atom. The monoisotopic (exact) mass is 225 g/mol. The van der Waals surface area contributed by atoms with Crippen LogP contribution in [0.25, 0.3) is 0 Å². The standard InChI is InChI=1S/C14H27NO/c1-13(2,3)10-8-11(14(4,5)6)12(16)15(7)9-10/h10-11H,8-9H2,1-7H3. The number of likely N-dealkylation sites (tertiary alicyclic amines) is 1. The van der Waals surface area contributed by atoms with Crippen molar-refractivity contribution in [3.63, 3.8) is 0 Å². The Morgan fingerprint density at radius 3 is 1.94 bits per heavy atom. The normalized spacial score (nSPS) is 28.4. The van der Waals surface area contributed by atoms with Crippen molar-refractivity contribution >= 4 is 5.91 Å². The van der Waals surface area contributed by atoms with Gasteiger partial charge < -0.3 is 4.90 Å². The number of rotatable bonds is 0. The predicted octanol–water partition coefficient (Wildman–Crippen LogP) is 3.17. The molecule has 2 heteroatoms. The molecule has 2 unspecified atom stereocenters. The Kier molecular flexibility index (Phi) is 3.42. The molecule has 1 amide bonds. The van der Waals surface area contributed by atoms with Crippen molar-refractivity contribution < 1.29 is 4.79 Å². The zero-order valence-corrected chi connectivity index (χ0v) is 11.9. The zero-order chi connectivity index (χ0) is 12.7. The van der Waals surface area contributed by atoms with Gasteiger partial charge in [0, 0.05) is 19.5 Å². The van der Waals surface area contributed by atoms with Gasteiger partial charge in [-0.1, -0.05) is 41.5 Å². The molecule has 2 nitrogen and oxygen atoms in total. The van der Waals surface area contributed by atoms with Gasteiger partial charge in [-0.3, -0.25) is 4.79 Å². The van der Waals surface area contributed by atoms with Crippen molar-refractivity contribution in [1.82, 2.24) is 4.90 Å². The molecule has 0 aromatic rings. The van der Waals surface area contributed by atoms with Crippen LogP contribution in [0.5, 0.6) is 0 Å². The van der Waals surface area contributed by atoms with E-state index in [-0.39, 0.29) is 11.3 Å². The smallest absolute Gasteiger partial charge is 0.225 e. The molecule has 16 heavy (non-hydrogen) atoms. The highest BCUT2D eigenvalue weighted by molar-refractivity contribution is 5.80. The zero-order valence-electron chi connectivity index (χ0n) is 11.9. The van der Waals surface area contributed by atoms with Crippen molar-refractivity contribution in [3.05, 3.63) is 0 Å². The number of piperidine rings is 1. The van der Waals surface area contributed by atoms with E-state index in [0.29, 0.717) is 17.2 Å². The Labute approximate surface area is 100 Å². The van der Waals surface area contributed by atoms with E-state index in [4.69, 9.17) is 0 Å². The van der Waals surface area contributed by atoms with Crippen molar-refractivity contribution in [2.24, 2.45) is 22.7 Å². The highest BCUT2D eigenvalue weighted by atomic mass is 16.2. The van der Waals surface area contributed by atoms with Gasteiger partial charge in [-0.2, -0.15) is 0 Å². The van der Waals surface area contributed by atoms with E-state index >= 15 is 0 Å². The first kappa shape index (κ1) is 13.5. The van der Waals surface area contributed by atoms with E-state index in [1.165, 1.54) is 0 Å². The summed E-state index contributed by atoms with van der Waals surface area (Å²) in [7, 11) is 1.94. The molecule has 1 rings (SSSR count). The van der Waals surface area contributed by atoms with Crippen LogP contribution >= 0.6 is 0 Å². The summed E-state index contributed by atoms with van der Waals surface area (Å²) in [5.74, 6) is 1.11. The van der Waals surface area contributed by atoms with Crippen molar-refractivity contribution in [2.75, 3.05) is 13.6 Å². The maximum absolute atomic E-state index is 12.2. The van der Waals surface area contributed by atoms with Crippen molar-refractivity contribution in [3.8, 4) is 0 Å². The van der Waals surface area contributed by atoms with Crippen LogP contribution in [0.1, 0.15) is 48.0 Å². The summed E-state index contributed by atoms with van der Waals surface area (Å²) in [4.78, 5) is 14.1. The fourth-order valence-electron chi connectivity index (χ4n) is 2.50. The molecular weight excluding hydrogens is 198 g/mol. The molecule has 0 bridgehead atoms. The second-order valence-corrected chi connectivity index (χ2v) is 7.44. The second kappa shape index (κ2) is 4.05. The first-order chi connectivity index (χ1) is 7.03. The average Bonchev–Trinajstić information content (AvgIpc) is 2.05. The maximum atomic E-state index is 12.2. The lowest BCUT2D eigenvalue weighted by Crippen LogP contribution is -2.50. The van der Waals surface area contributed by atoms with Crippen LogP contribution in [0, 0.1) is 22.7 Å². The topological polar surface area (TPSA) is 20.3 Å².